The minimum absolute atomic E-state index is 0.240. The lowest BCUT2D eigenvalue weighted by molar-refractivity contribution is 0.163. The number of aromatic nitrogens is 2. The van der Waals surface area contributed by atoms with Crippen molar-refractivity contribution in [3.8, 4) is 0 Å². The molecule has 0 amide bonds. The van der Waals surface area contributed by atoms with Gasteiger partial charge in [-0.15, -0.1) is 0 Å². The SMILES string of the molecule is COCC(C)n1ccnc1Nc1ccc(C)c(Br)c1. The zero-order valence-electron chi connectivity index (χ0n) is 11.4. The highest BCUT2D eigenvalue weighted by molar-refractivity contribution is 9.10. The number of methoxy groups -OCH3 is 1. The first-order valence-corrected chi connectivity index (χ1v) is 6.96. The van der Waals surface area contributed by atoms with E-state index in [4.69, 9.17) is 4.74 Å². The summed E-state index contributed by atoms with van der Waals surface area (Å²) in [5.41, 5.74) is 2.22. The molecule has 0 spiro atoms. The van der Waals surface area contributed by atoms with Gasteiger partial charge in [0.1, 0.15) is 0 Å². The van der Waals surface area contributed by atoms with E-state index in [-0.39, 0.29) is 6.04 Å². The molecule has 0 saturated carbocycles. The summed E-state index contributed by atoms with van der Waals surface area (Å²) in [6, 6.07) is 6.40. The lowest BCUT2D eigenvalue weighted by Gasteiger charge is -2.16. The van der Waals surface area contributed by atoms with Crippen molar-refractivity contribution in [3.05, 3.63) is 40.6 Å². The molecule has 0 aliphatic carbocycles. The van der Waals surface area contributed by atoms with Crippen LogP contribution in [0, 0.1) is 6.92 Å². The molecule has 1 N–H and O–H groups in total. The molecule has 0 saturated heterocycles. The molecule has 0 aliphatic heterocycles. The zero-order valence-corrected chi connectivity index (χ0v) is 12.9. The number of nitrogens with one attached hydrogen (secondary N) is 1. The van der Waals surface area contributed by atoms with Gasteiger partial charge in [-0.1, -0.05) is 22.0 Å². The summed E-state index contributed by atoms with van der Waals surface area (Å²) < 4.78 is 8.33. The molecule has 1 unspecified atom stereocenters. The number of aryl methyl sites for hydroxylation is 1. The normalized spacial score (nSPS) is 12.4. The summed E-state index contributed by atoms with van der Waals surface area (Å²) in [5, 5.41) is 3.33. The molecule has 2 aromatic rings. The minimum atomic E-state index is 0.240. The molecule has 19 heavy (non-hydrogen) atoms. The predicted molar refractivity (Wildman–Crippen MR) is 81.0 cm³/mol. The molecule has 102 valence electrons. The summed E-state index contributed by atoms with van der Waals surface area (Å²) in [4.78, 5) is 4.35. The van der Waals surface area contributed by atoms with Crippen LogP contribution in [0.15, 0.2) is 35.1 Å². The fourth-order valence-electron chi connectivity index (χ4n) is 1.89. The standard InChI is InChI=1S/C14H18BrN3O/c1-10-4-5-12(8-13(10)15)17-14-16-6-7-18(14)11(2)9-19-3/h4-8,11H,9H2,1-3H3,(H,16,17). The highest BCUT2D eigenvalue weighted by atomic mass is 79.9. The van der Waals surface area contributed by atoms with Crippen LogP contribution in [0.3, 0.4) is 0 Å². The van der Waals surface area contributed by atoms with Crippen LogP contribution in [0.1, 0.15) is 18.5 Å². The van der Waals surface area contributed by atoms with E-state index in [1.807, 2.05) is 12.3 Å². The third-order valence-corrected chi connectivity index (χ3v) is 3.83. The second-order valence-corrected chi connectivity index (χ2v) is 5.41. The maximum absolute atomic E-state index is 5.18. The first-order valence-electron chi connectivity index (χ1n) is 6.16. The Hall–Kier alpha value is -1.33. The smallest absolute Gasteiger partial charge is 0.207 e. The maximum Gasteiger partial charge on any atom is 0.207 e. The van der Waals surface area contributed by atoms with Crippen molar-refractivity contribution in [2.24, 2.45) is 0 Å². The van der Waals surface area contributed by atoms with Crippen molar-refractivity contribution in [1.29, 1.82) is 0 Å². The Morgan fingerprint density at radius 2 is 2.26 bits per heavy atom. The van der Waals surface area contributed by atoms with E-state index in [1.54, 1.807) is 13.3 Å². The van der Waals surface area contributed by atoms with Crippen molar-refractivity contribution < 1.29 is 4.74 Å². The van der Waals surface area contributed by atoms with Crippen molar-refractivity contribution >= 4 is 27.6 Å². The molecule has 2 rings (SSSR count). The summed E-state index contributed by atoms with van der Waals surface area (Å²) >= 11 is 3.54. The van der Waals surface area contributed by atoms with E-state index in [2.05, 4.69) is 56.8 Å². The van der Waals surface area contributed by atoms with E-state index in [9.17, 15) is 0 Å². The first kappa shape index (κ1) is 14.1. The largest absolute Gasteiger partial charge is 0.383 e. The molecular weight excluding hydrogens is 306 g/mol. The summed E-state index contributed by atoms with van der Waals surface area (Å²) in [7, 11) is 1.71. The lowest BCUT2D eigenvalue weighted by Crippen LogP contribution is -2.12. The van der Waals surface area contributed by atoms with Gasteiger partial charge in [-0.3, -0.25) is 0 Å². The lowest BCUT2D eigenvalue weighted by atomic mass is 10.2. The molecule has 1 aromatic carbocycles. The number of rotatable bonds is 5. The van der Waals surface area contributed by atoms with E-state index in [0.717, 1.165) is 16.1 Å². The molecule has 1 atom stereocenters. The average Bonchev–Trinajstić information content (AvgIpc) is 2.82. The van der Waals surface area contributed by atoms with Gasteiger partial charge in [0, 0.05) is 29.7 Å². The number of hydrogen-bond acceptors (Lipinski definition) is 3. The second-order valence-electron chi connectivity index (χ2n) is 4.55. The van der Waals surface area contributed by atoms with Crippen LogP contribution in [0.25, 0.3) is 0 Å². The molecule has 0 radical (unpaired) electrons. The van der Waals surface area contributed by atoms with Gasteiger partial charge in [0.2, 0.25) is 5.95 Å². The van der Waals surface area contributed by atoms with Crippen molar-refractivity contribution in [2.45, 2.75) is 19.9 Å². The van der Waals surface area contributed by atoms with Gasteiger partial charge >= 0.3 is 0 Å². The Labute approximate surface area is 121 Å². The zero-order chi connectivity index (χ0) is 13.8. The molecule has 0 fully saturated rings. The van der Waals surface area contributed by atoms with E-state index in [0.29, 0.717) is 6.61 Å². The average molecular weight is 324 g/mol. The molecule has 0 aliphatic rings. The van der Waals surface area contributed by atoms with Gasteiger partial charge in [-0.2, -0.15) is 0 Å². The van der Waals surface area contributed by atoms with Crippen LogP contribution in [-0.4, -0.2) is 23.3 Å². The summed E-state index contributed by atoms with van der Waals surface area (Å²) in [6.45, 7) is 4.82. The van der Waals surface area contributed by atoms with Gasteiger partial charge in [-0.25, -0.2) is 4.98 Å². The number of ether oxygens (including phenoxy) is 1. The topological polar surface area (TPSA) is 39.1 Å². The monoisotopic (exact) mass is 323 g/mol. The van der Waals surface area contributed by atoms with Gasteiger partial charge in [0.25, 0.3) is 0 Å². The number of imidazole rings is 1. The minimum Gasteiger partial charge on any atom is -0.383 e. The van der Waals surface area contributed by atoms with Gasteiger partial charge < -0.3 is 14.6 Å². The number of hydrogen-bond donors (Lipinski definition) is 1. The van der Waals surface area contributed by atoms with Crippen LogP contribution in [0.2, 0.25) is 0 Å². The number of halogens is 1. The molecule has 0 bridgehead atoms. The van der Waals surface area contributed by atoms with Crippen molar-refractivity contribution in [3.63, 3.8) is 0 Å². The van der Waals surface area contributed by atoms with Crippen molar-refractivity contribution in [1.82, 2.24) is 9.55 Å². The van der Waals surface area contributed by atoms with Crippen LogP contribution < -0.4 is 5.32 Å². The Morgan fingerprint density at radius 1 is 1.47 bits per heavy atom. The Bertz CT molecular complexity index is 553. The van der Waals surface area contributed by atoms with E-state index < -0.39 is 0 Å². The summed E-state index contributed by atoms with van der Waals surface area (Å²) in [5.74, 6) is 0.820. The van der Waals surface area contributed by atoms with E-state index in [1.165, 1.54) is 5.56 Å². The van der Waals surface area contributed by atoms with E-state index >= 15 is 0 Å². The maximum atomic E-state index is 5.18. The summed E-state index contributed by atoms with van der Waals surface area (Å²) in [6.07, 6.45) is 3.74. The molecule has 4 nitrogen and oxygen atoms in total. The third kappa shape index (κ3) is 3.36. The third-order valence-electron chi connectivity index (χ3n) is 2.98. The van der Waals surface area contributed by atoms with Crippen molar-refractivity contribution in [2.75, 3.05) is 19.0 Å². The highest BCUT2D eigenvalue weighted by Crippen LogP contribution is 2.24. The van der Waals surface area contributed by atoms with Crippen LogP contribution in [-0.2, 0) is 4.74 Å². The first-order chi connectivity index (χ1) is 9.11. The van der Waals surface area contributed by atoms with Gasteiger partial charge in [0.15, 0.2) is 0 Å². The van der Waals surface area contributed by atoms with Gasteiger partial charge in [0.05, 0.1) is 12.6 Å². The predicted octanol–water partition coefficient (Wildman–Crippen LogP) is 3.91. The van der Waals surface area contributed by atoms with Crippen LogP contribution in [0.5, 0.6) is 0 Å². The quantitative estimate of drug-likeness (QED) is 0.906. The second kappa shape index (κ2) is 6.21. The molecule has 1 aromatic heterocycles. The highest BCUT2D eigenvalue weighted by Gasteiger charge is 2.10. The molecule has 5 heteroatoms. The Kier molecular flexibility index (Phi) is 4.61. The van der Waals surface area contributed by atoms with Gasteiger partial charge in [-0.05, 0) is 31.5 Å². The number of nitrogens with zero attached hydrogens (tertiary/aromatic N) is 2. The Morgan fingerprint density at radius 3 is 2.95 bits per heavy atom. The molecule has 1 heterocycles. The van der Waals surface area contributed by atoms with Crippen LogP contribution in [0.4, 0.5) is 11.6 Å². The molecular formula is C14H18BrN3O. The van der Waals surface area contributed by atoms with Crippen LogP contribution >= 0.6 is 15.9 Å². The number of benzene rings is 1. The fraction of sp³-hybridized carbons (Fsp3) is 0.357. The fourth-order valence-corrected chi connectivity index (χ4v) is 2.27. The Balaban J connectivity index is 2.19. The number of anilines is 2.